The van der Waals surface area contributed by atoms with Gasteiger partial charge in [-0.2, -0.15) is 0 Å². The summed E-state index contributed by atoms with van der Waals surface area (Å²) in [6.45, 7) is 6.52. The number of halogens is 1. The fourth-order valence-corrected chi connectivity index (χ4v) is 2.45. The monoisotopic (exact) mass is 343 g/mol. The maximum Gasteiger partial charge on any atom is 0.248 e. The lowest BCUT2D eigenvalue weighted by molar-refractivity contribution is -0.111. The van der Waals surface area contributed by atoms with Crippen molar-refractivity contribution in [2.24, 2.45) is 0 Å². The van der Waals surface area contributed by atoms with Gasteiger partial charge in [-0.25, -0.2) is 0 Å². The molecule has 2 aromatic rings. The van der Waals surface area contributed by atoms with Gasteiger partial charge in [-0.3, -0.25) is 4.79 Å². The molecule has 0 bridgehead atoms. The molecule has 0 aromatic heterocycles. The second kappa shape index (κ2) is 7.54. The van der Waals surface area contributed by atoms with Crippen molar-refractivity contribution in [1.82, 2.24) is 0 Å². The third kappa shape index (κ3) is 4.87. The molecule has 2 aromatic carbocycles. The average molecular weight is 344 g/mol. The molecule has 0 unspecified atom stereocenters. The fourth-order valence-electron chi connectivity index (χ4n) is 2.19. The van der Waals surface area contributed by atoms with Gasteiger partial charge in [-0.1, -0.05) is 56.6 Å². The van der Waals surface area contributed by atoms with Gasteiger partial charge in [0.15, 0.2) is 0 Å². The highest BCUT2D eigenvalue weighted by Gasteiger charge is 2.12. The highest BCUT2D eigenvalue weighted by atomic mass is 35.5. The van der Waals surface area contributed by atoms with Crippen molar-refractivity contribution in [3.05, 3.63) is 64.7 Å². The number of nitrogens with one attached hydrogen (secondary N) is 1. The van der Waals surface area contributed by atoms with Crippen LogP contribution in [-0.2, 0) is 10.2 Å². The number of ether oxygens (including phenoxy) is 1. The summed E-state index contributed by atoms with van der Waals surface area (Å²) in [6.07, 6.45) is 3.29. The first-order valence-corrected chi connectivity index (χ1v) is 8.10. The summed E-state index contributed by atoms with van der Waals surface area (Å²) >= 11 is 6.04. The largest absolute Gasteiger partial charge is 0.495 e. The Labute approximate surface area is 148 Å². The predicted molar refractivity (Wildman–Crippen MR) is 101 cm³/mol. The third-order valence-electron chi connectivity index (χ3n) is 3.62. The van der Waals surface area contributed by atoms with E-state index < -0.39 is 0 Å². The number of hydrogen-bond acceptors (Lipinski definition) is 2. The quantitative estimate of drug-likeness (QED) is 0.765. The molecule has 0 saturated carbocycles. The van der Waals surface area contributed by atoms with Gasteiger partial charge in [-0.05, 0) is 40.8 Å². The molecule has 0 spiro atoms. The topological polar surface area (TPSA) is 38.3 Å². The minimum absolute atomic E-state index is 0.118. The molecule has 0 fully saturated rings. The Balaban J connectivity index is 2.01. The van der Waals surface area contributed by atoms with E-state index in [-0.39, 0.29) is 11.3 Å². The Morgan fingerprint density at radius 2 is 1.79 bits per heavy atom. The van der Waals surface area contributed by atoms with Crippen molar-refractivity contribution in [3.8, 4) is 5.75 Å². The summed E-state index contributed by atoms with van der Waals surface area (Å²) in [7, 11) is 1.55. The van der Waals surface area contributed by atoms with Gasteiger partial charge in [0, 0.05) is 11.8 Å². The lowest BCUT2D eigenvalue weighted by Crippen LogP contribution is -2.10. The standard InChI is InChI=1S/C20H22ClNO2/c1-20(2,3)15-8-5-14(6-9-15)7-12-19(23)22-16-10-11-18(24-4)17(21)13-16/h5-13H,1-4H3,(H,22,23). The molecule has 126 valence electrons. The summed E-state index contributed by atoms with van der Waals surface area (Å²) in [5.74, 6) is 0.361. The van der Waals surface area contributed by atoms with Crippen molar-refractivity contribution in [2.45, 2.75) is 26.2 Å². The Morgan fingerprint density at radius 3 is 2.33 bits per heavy atom. The molecule has 0 atom stereocenters. The minimum Gasteiger partial charge on any atom is -0.495 e. The summed E-state index contributed by atoms with van der Waals surface area (Å²) in [4.78, 5) is 12.0. The first-order valence-electron chi connectivity index (χ1n) is 7.73. The molecule has 0 aliphatic heterocycles. The number of carbonyl (C=O) groups excluding carboxylic acids is 1. The van der Waals surface area contributed by atoms with Crippen molar-refractivity contribution in [2.75, 3.05) is 12.4 Å². The molecule has 3 nitrogen and oxygen atoms in total. The van der Waals surface area contributed by atoms with Crippen LogP contribution in [-0.4, -0.2) is 13.0 Å². The number of methoxy groups -OCH3 is 1. The molecule has 0 saturated heterocycles. The van der Waals surface area contributed by atoms with E-state index in [2.05, 4.69) is 38.2 Å². The van der Waals surface area contributed by atoms with Gasteiger partial charge in [0.05, 0.1) is 12.1 Å². The Bertz CT molecular complexity index is 743. The van der Waals surface area contributed by atoms with Gasteiger partial charge in [-0.15, -0.1) is 0 Å². The number of rotatable bonds is 4. The Kier molecular flexibility index (Phi) is 5.68. The maximum atomic E-state index is 12.0. The van der Waals surface area contributed by atoms with Crippen molar-refractivity contribution < 1.29 is 9.53 Å². The van der Waals surface area contributed by atoms with Gasteiger partial charge in [0.25, 0.3) is 0 Å². The number of anilines is 1. The zero-order chi connectivity index (χ0) is 17.7. The molecule has 0 aliphatic rings. The van der Waals surface area contributed by atoms with Crippen molar-refractivity contribution in [1.29, 1.82) is 0 Å². The first-order chi connectivity index (χ1) is 11.3. The van der Waals surface area contributed by atoms with E-state index in [1.54, 1.807) is 31.4 Å². The average Bonchev–Trinajstić information content (AvgIpc) is 2.53. The zero-order valence-corrected chi connectivity index (χ0v) is 15.1. The molecule has 0 aliphatic carbocycles. The summed E-state index contributed by atoms with van der Waals surface area (Å²) < 4.78 is 5.09. The summed E-state index contributed by atoms with van der Waals surface area (Å²) in [5.41, 5.74) is 2.98. The van der Waals surface area contributed by atoms with Gasteiger partial charge < -0.3 is 10.1 Å². The minimum atomic E-state index is -0.212. The van der Waals surface area contributed by atoms with Crippen LogP contribution in [0.15, 0.2) is 48.5 Å². The van der Waals surface area contributed by atoms with Crippen LogP contribution < -0.4 is 10.1 Å². The van der Waals surface area contributed by atoms with Crippen LogP contribution >= 0.6 is 11.6 Å². The van der Waals surface area contributed by atoms with Gasteiger partial charge >= 0.3 is 0 Å². The van der Waals surface area contributed by atoms with Crippen molar-refractivity contribution >= 4 is 29.3 Å². The number of carbonyl (C=O) groups is 1. The smallest absolute Gasteiger partial charge is 0.248 e. The molecule has 24 heavy (non-hydrogen) atoms. The number of hydrogen-bond donors (Lipinski definition) is 1. The normalized spacial score (nSPS) is 11.5. The fraction of sp³-hybridized carbons (Fsp3) is 0.250. The van der Waals surface area contributed by atoms with E-state index in [4.69, 9.17) is 16.3 Å². The lowest BCUT2D eigenvalue weighted by atomic mass is 9.87. The van der Waals surface area contributed by atoms with Crippen LogP contribution in [0, 0.1) is 0 Å². The van der Waals surface area contributed by atoms with Crippen LogP contribution in [0.3, 0.4) is 0 Å². The van der Waals surface area contributed by atoms with E-state index in [0.717, 1.165) is 5.56 Å². The third-order valence-corrected chi connectivity index (χ3v) is 3.92. The van der Waals surface area contributed by atoms with Gasteiger partial charge in [0.1, 0.15) is 5.75 Å². The second-order valence-electron chi connectivity index (χ2n) is 6.54. The summed E-state index contributed by atoms with van der Waals surface area (Å²) in [5, 5.41) is 3.23. The molecular formula is C20H22ClNO2. The number of amides is 1. The van der Waals surface area contributed by atoms with E-state index in [1.807, 2.05) is 12.1 Å². The summed E-state index contributed by atoms with van der Waals surface area (Å²) in [6, 6.07) is 13.3. The van der Waals surface area contributed by atoms with Crippen LogP contribution in [0.25, 0.3) is 6.08 Å². The van der Waals surface area contributed by atoms with E-state index in [9.17, 15) is 4.79 Å². The lowest BCUT2D eigenvalue weighted by Gasteiger charge is -2.18. The maximum absolute atomic E-state index is 12.0. The highest BCUT2D eigenvalue weighted by Crippen LogP contribution is 2.27. The molecular weight excluding hydrogens is 322 g/mol. The van der Waals surface area contributed by atoms with Crippen LogP contribution in [0.2, 0.25) is 5.02 Å². The van der Waals surface area contributed by atoms with E-state index in [0.29, 0.717) is 16.5 Å². The van der Waals surface area contributed by atoms with E-state index >= 15 is 0 Å². The molecule has 1 N–H and O–H groups in total. The highest BCUT2D eigenvalue weighted by molar-refractivity contribution is 6.32. The van der Waals surface area contributed by atoms with Gasteiger partial charge in [0.2, 0.25) is 5.91 Å². The van der Waals surface area contributed by atoms with Crippen LogP contribution in [0.5, 0.6) is 5.75 Å². The SMILES string of the molecule is COc1ccc(NC(=O)C=Cc2ccc(C(C)(C)C)cc2)cc1Cl. The number of benzene rings is 2. The Morgan fingerprint density at radius 1 is 1.12 bits per heavy atom. The zero-order valence-electron chi connectivity index (χ0n) is 14.4. The molecule has 1 amide bonds. The molecule has 0 heterocycles. The molecule has 4 heteroatoms. The predicted octanol–water partition coefficient (Wildman–Crippen LogP) is 5.30. The van der Waals surface area contributed by atoms with E-state index in [1.165, 1.54) is 11.6 Å². The van der Waals surface area contributed by atoms with Crippen LogP contribution in [0.4, 0.5) is 5.69 Å². The second-order valence-corrected chi connectivity index (χ2v) is 6.95. The molecule has 2 rings (SSSR count). The van der Waals surface area contributed by atoms with Crippen LogP contribution in [0.1, 0.15) is 31.9 Å². The Hall–Kier alpha value is -2.26. The van der Waals surface area contributed by atoms with Crippen molar-refractivity contribution in [3.63, 3.8) is 0 Å². The molecule has 0 radical (unpaired) electrons. The first kappa shape index (κ1) is 18.1.